The first-order chi connectivity index (χ1) is 16.0. The van der Waals surface area contributed by atoms with Crippen molar-refractivity contribution in [1.82, 2.24) is 15.3 Å². The molecule has 0 bridgehead atoms. The number of aromatic nitrogens is 2. The van der Waals surface area contributed by atoms with Gasteiger partial charge >= 0.3 is 5.97 Å². The molecule has 0 unspecified atom stereocenters. The van der Waals surface area contributed by atoms with Crippen LogP contribution in [0.15, 0.2) is 54.7 Å². The lowest BCUT2D eigenvalue weighted by atomic mass is 10.2. The summed E-state index contributed by atoms with van der Waals surface area (Å²) < 4.78 is 10.8. The van der Waals surface area contributed by atoms with Crippen molar-refractivity contribution in [2.24, 2.45) is 0 Å². The number of amides is 1. The number of carbonyl (C=O) groups is 2. The lowest BCUT2D eigenvalue weighted by Crippen LogP contribution is -2.31. The molecule has 1 aromatic heterocycles. The van der Waals surface area contributed by atoms with E-state index in [-0.39, 0.29) is 31.2 Å². The van der Waals surface area contributed by atoms with Gasteiger partial charge in [-0.25, -0.2) is 4.98 Å². The summed E-state index contributed by atoms with van der Waals surface area (Å²) >= 11 is 5.96. The van der Waals surface area contributed by atoms with Crippen LogP contribution in [-0.4, -0.2) is 41.5 Å². The number of benzene rings is 2. The second-order valence-corrected chi connectivity index (χ2v) is 7.76. The third-order valence-corrected chi connectivity index (χ3v) is 5.35. The SMILES string of the molecule is CCOC(=O)CNC(=O)c1cnc(N2CCc3ccccc32)nc1OCc1ccc(Cl)cc1. The highest BCUT2D eigenvalue weighted by atomic mass is 35.5. The van der Waals surface area contributed by atoms with Crippen LogP contribution in [0.1, 0.15) is 28.4 Å². The van der Waals surface area contributed by atoms with E-state index < -0.39 is 11.9 Å². The molecule has 0 fully saturated rings. The van der Waals surface area contributed by atoms with Gasteiger partial charge in [0.2, 0.25) is 11.8 Å². The van der Waals surface area contributed by atoms with E-state index in [2.05, 4.69) is 21.4 Å². The van der Waals surface area contributed by atoms with Gasteiger partial charge in [0, 0.05) is 23.5 Å². The highest BCUT2D eigenvalue weighted by molar-refractivity contribution is 6.30. The predicted molar refractivity (Wildman–Crippen MR) is 124 cm³/mol. The lowest BCUT2D eigenvalue weighted by molar-refractivity contribution is -0.141. The summed E-state index contributed by atoms with van der Waals surface area (Å²) in [6, 6.07) is 15.3. The predicted octanol–water partition coefficient (Wildman–Crippen LogP) is 3.70. The number of nitrogens with one attached hydrogen (secondary N) is 1. The Morgan fingerprint density at radius 3 is 2.73 bits per heavy atom. The van der Waals surface area contributed by atoms with Crippen LogP contribution in [0.2, 0.25) is 5.02 Å². The van der Waals surface area contributed by atoms with Crippen molar-refractivity contribution in [3.63, 3.8) is 0 Å². The number of esters is 1. The van der Waals surface area contributed by atoms with E-state index in [1.54, 1.807) is 19.1 Å². The first kappa shape index (κ1) is 22.5. The summed E-state index contributed by atoms with van der Waals surface area (Å²) in [5.41, 5.74) is 3.23. The molecule has 33 heavy (non-hydrogen) atoms. The molecule has 0 saturated carbocycles. The zero-order valence-corrected chi connectivity index (χ0v) is 18.8. The fraction of sp³-hybridized carbons (Fsp3) is 0.250. The van der Waals surface area contributed by atoms with Gasteiger partial charge < -0.3 is 19.7 Å². The minimum absolute atomic E-state index is 0.126. The van der Waals surface area contributed by atoms with Crippen molar-refractivity contribution in [3.8, 4) is 5.88 Å². The van der Waals surface area contributed by atoms with Crippen LogP contribution < -0.4 is 15.0 Å². The van der Waals surface area contributed by atoms with Crippen molar-refractivity contribution in [3.05, 3.63) is 76.4 Å². The number of nitrogens with zero attached hydrogens (tertiary/aromatic N) is 3. The molecule has 2 aromatic carbocycles. The molecule has 8 nitrogen and oxygen atoms in total. The summed E-state index contributed by atoms with van der Waals surface area (Å²) in [6.07, 6.45) is 2.29. The second-order valence-electron chi connectivity index (χ2n) is 7.32. The van der Waals surface area contributed by atoms with Gasteiger partial charge in [-0.05, 0) is 42.7 Å². The Balaban J connectivity index is 1.59. The van der Waals surface area contributed by atoms with E-state index in [1.807, 2.05) is 35.2 Å². The molecule has 1 N–H and O–H groups in total. The Morgan fingerprint density at radius 1 is 1.15 bits per heavy atom. The number of para-hydroxylation sites is 1. The van der Waals surface area contributed by atoms with E-state index >= 15 is 0 Å². The van der Waals surface area contributed by atoms with Crippen LogP contribution in [0.4, 0.5) is 11.6 Å². The molecule has 0 spiro atoms. The third kappa shape index (κ3) is 5.40. The molecule has 0 atom stereocenters. The van der Waals surface area contributed by atoms with Crippen LogP contribution >= 0.6 is 11.6 Å². The maximum absolute atomic E-state index is 12.8. The molecular weight excluding hydrogens is 444 g/mol. The molecule has 170 valence electrons. The minimum atomic E-state index is -0.527. The van der Waals surface area contributed by atoms with Gasteiger partial charge in [0.15, 0.2) is 0 Å². The van der Waals surface area contributed by atoms with Crippen LogP contribution in [0.5, 0.6) is 5.88 Å². The van der Waals surface area contributed by atoms with E-state index in [0.29, 0.717) is 11.0 Å². The average Bonchev–Trinajstić information content (AvgIpc) is 3.26. The lowest BCUT2D eigenvalue weighted by Gasteiger charge is -2.19. The molecule has 1 amide bonds. The summed E-state index contributed by atoms with van der Waals surface area (Å²) in [6.45, 7) is 2.59. The highest BCUT2D eigenvalue weighted by Gasteiger charge is 2.25. The van der Waals surface area contributed by atoms with Crippen molar-refractivity contribution in [2.75, 3.05) is 24.6 Å². The van der Waals surface area contributed by atoms with E-state index in [0.717, 1.165) is 24.2 Å². The smallest absolute Gasteiger partial charge is 0.325 e. The first-order valence-electron chi connectivity index (χ1n) is 10.6. The molecular formula is C24H23ClN4O4. The molecule has 1 aliphatic rings. The van der Waals surface area contributed by atoms with Crippen molar-refractivity contribution in [2.45, 2.75) is 20.0 Å². The van der Waals surface area contributed by atoms with E-state index in [9.17, 15) is 9.59 Å². The number of anilines is 2. The zero-order chi connectivity index (χ0) is 23.2. The fourth-order valence-electron chi connectivity index (χ4n) is 3.49. The van der Waals surface area contributed by atoms with Crippen molar-refractivity contribution in [1.29, 1.82) is 0 Å². The Hall–Kier alpha value is -3.65. The highest BCUT2D eigenvalue weighted by Crippen LogP contribution is 2.33. The molecule has 9 heteroatoms. The Morgan fingerprint density at radius 2 is 1.94 bits per heavy atom. The molecule has 0 saturated heterocycles. The number of hydrogen-bond donors (Lipinski definition) is 1. The normalized spacial score (nSPS) is 12.2. The average molecular weight is 467 g/mol. The van der Waals surface area contributed by atoms with Gasteiger partial charge in [-0.3, -0.25) is 9.59 Å². The molecule has 3 aromatic rings. The summed E-state index contributed by atoms with van der Waals surface area (Å²) in [5.74, 6) is -0.489. The molecule has 2 heterocycles. The van der Waals surface area contributed by atoms with Crippen LogP contribution in [0.3, 0.4) is 0 Å². The Kier molecular flexibility index (Phi) is 7.04. The second kappa shape index (κ2) is 10.3. The number of carbonyl (C=O) groups excluding carboxylic acids is 2. The third-order valence-electron chi connectivity index (χ3n) is 5.10. The molecule has 0 radical (unpaired) electrons. The van der Waals surface area contributed by atoms with Crippen LogP contribution in [0, 0.1) is 0 Å². The largest absolute Gasteiger partial charge is 0.472 e. The molecule has 0 aliphatic carbocycles. The van der Waals surface area contributed by atoms with E-state index in [4.69, 9.17) is 21.1 Å². The van der Waals surface area contributed by atoms with Gasteiger partial charge in [-0.2, -0.15) is 4.98 Å². The first-order valence-corrected chi connectivity index (χ1v) is 11.0. The van der Waals surface area contributed by atoms with Gasteiger partial charge in [0.05, 0.1) is 6.61 Å². The number of halogens is 1. The van der Waals surface area contributed by atoms with E-state index in [1.165, 1.54) is 11.8 Å². The number of hydrogen-bond acceptors (Lipinski definition) is 7. The van der Waals surface area contributed by atoms with Gasteiger partial charge in [0.25, 0.3) is 5.91 Å². The summed E-state index contributed by atoms with van der Waals surface area (Å²) in [7, 11) is 0. The fourth-order valence-corrected chi connectivity index (χ4v) is 3.62. The van der Waals surface area contributed by atoms with Gasteiger partial charge in [-0.15, -0.1) is 0 Å². The van der Waals surface area contributed by atoms with Crippen LogP contribution in [-0.2, 0) is 22.6 Å². The zero-order valence-electron chi connectivity index (χ0n) is 18.1. The van der Waals surface area contributed by atoms with Gasteiger partial charge in [-0.1, -0.05) is 41.9 Å². The molecule has 1 aliphatic heterocycles. The van der Waals surface area contributed by atoms with Crippen molar-refractivity contribution < 1.29 is 19.1 Å². The van der Waals surface area contributed by atoms with Crippen molar-refractivity contribution >= 4 is 35.1 Å². The summed E-state index contributed by atoms with van der Waals surface area (Å²) in [4.78, 5) is 35.3. The summed E-state index contributed by atoms with van der Waals surface area (Å²) in [5, 5.41) is 3.15. The standard InChI is InChI=1S/C24H23ClN4O4/c1-2-32-21(30)14-26-22(31)19-13-27-24(29-12-11-17-5-3-4-6-20(17)29)28-23(19)33-15-16-7-9-18(25)10-8-16/h3-10,13H,2,11-12,14-15H2,1H3,(H,26,31). The minimum Gasteiger partial charge on any atom is -0.472 e. The quantitative estimate of drug-likeness (QED) is 0.506. The maximum atomic E-state index is 12.8. The monoisotopic (exact) mass is 466 g/mol. The number of fused-ring (bicyclic) bond motifs is 1. The van der Waals surface area contributed by atoms with Gasteiger partial charge in [0.1, 0.15) is 18.7 Å². The Bertz CT molecular complexity index is 1150. The molecule has 4 rings (SSSR count). The number of rotatable bonds is 8. The Labute approximate surface area is 196 Å². The number of ether oxygens (including phenoxy) is 2. The maximum Gasteiger partial charge on any atom is 0.325 e. The topological polar surface area (TPSA) is 93.6 Å². The van der Waals surface area contributed by atoms with Crippen LogP contribution in [0.25, 0.3) is 0 Å².